The van der Waals surface area contributed by atoms with Gasteiger partial charge in [0.05, 0.1) is 11.2 Å². The van der Waals surface area contributed by atoms with Crippen molar-refractivity contribution in [1.82, 2.24) is 4.98 Å². The lowest BCUT2D eigenvalue weighted by Gasteiger charge is -2.12. The SMILES string of the molecule is CON=Cc1cccc(-c2ccccc2NC(=O)c2sc(C)nc2C(F)F)c1. The van der Waals surface area contributed by atoms with Crippen LogP contribution in [0, 0.1) is 6.92 Å². The molecule has 144 valence electrons. The highest BCUT2D eigenvalue weighted by molar-refractivity contribution is 7.13. The Hall–Kier alpha value is -3.13. The third-order valence-electron chi connectivity index (χ3n) is 3.85. The molecule has 0 bridgehead atoms. The molecule has 1 amide bonds. The zero-order valence-corrected chi connectivity index (χ0v) is 16.0. The van der Waals surface area contributed by atoms with Gasteiger partial charge in [0.1, 0.15) is 17.7 Å². The summed E-state index contributed by atoms with van der Waals surface area (Å²) in [6.45, 7) is 1.59. The van der Waals surface area contributed by atoms with Crippen LogP contribution < -0.4 is 5.32 Å². The van der Waals surface area contributed by atoms with E-state index in [2.05, 4.69) is 15.5 Å². The number of benzene rings is 2. The maximum absolute atomic E-state index is 13.2. The number of alkyl halides is 2. The molecule has 28 heavy (non-hydrogen) atoms. The number of hydrogen-bond donors (Lipinski definition) is 1. The van der Waals surface area contributed by atoms with E-state index in [0.29, 0.717) is 10.7 Å². The molecule has 0 saturated carbocycles. The predicted octanol–water partition coefficient (Wildman–Crippen LogP) is 5.29. The molecule has 1 aromatic heterocycles. The van der Waals surface area contributed by atoms with Gasteiger partial charge in [0, 0.05) is 11.3 Å². The van der Waals surface area contributed by atoms with Crippen LogP contribution in [-0.4, -0.2) is 24.2 Å². The number of halogens is 2. The first kappa shape index (κ1) is 19.6. The Morgan fingerprint density at radius 2 is 2.04 bits per heavy atom. The number of rotatable bonds is 6. The van der Waals surface area contributed by atoms with Gasteiger partial charge >= 0.3 is 0 Å². The Bertz CT molecular complexity index is 1020. The number of carbonyl (C=O) groups is 1. The van der Waals surface area contributed by atoms with Gasteiger partial charge < -0.3 is 10.2 Å². The van der Waals surface area contributed by atoms with E-state index in [0.717, 1.165) is 28.0 Å². The molecule has 0 radical (unpaired) electrons. The number of thiazole rings is 1. The van der Waals surface area contributed by atoms with Crippen LogP contribution in [0.1, 0.15) is 32.4 Å². The molecule has 0 aliphatic carbocycles. The minimum absolute atomic E-state index is 0.0803. The van der Waals surface area contributed by atoms with Gasteiger partial charge in [0.15, 0.2) is 0 Å². The van der Waals surface area contributed by atoms with Crippen LogP contribution in [0.2, 0.25) is 0 Å². The monoisotopic (exact) mass is 401 g/mol. The van der Waals surface area contributed by atoms with E-state index in [4.69, 9.17) is 4.84 Å². The molecular formula is C20H17F2N3O2S. The summed E-state index contributed by atoms with van der Waals surface area (Å²) in [6.07, 6.45) is -1.24. The van der Waals surface area contributed by atoms with E-state index in [-0.39, 0.29) is 4.88 Å². The molecule has 0 unspecified atom stereocenters. The Balaban J connectivity index is 1.93. The molecule has 3 aromatic rings. The summed E-state index contributed by atoms with van der Waals surface area (Å²) in [4.78, 5) is 21.0. The minimum Gasteiger partial charge on any atom is -0.399 e. The normalized spacial score (nSPS) is 11.2. The van der Waals surface area contributed by atoms with E-state index in [1.165, 1.54) is 7.11 Å². The molecule has 1 N–H and O–H groups in total. The Labute approximate surface area is 164 Å². The van der Waals surface area contributed by atoms with Crippen molar-refractivity contribution < 1.29 is 18.4 Å². The van der Waals surface area contributed by atoms with Crippen LogP contribution in [0.4, 0.5) is 14.5 Å². The second-order valence-electron chi connectivity index (χ2n) is 5.79. The molecule has 0 aliphatic rings. The number of nitrogens with one attached hydrogen (secondary N) is 1. The molecule has 5 nitrogen and oxygen atoms in total. The van der Waals surface area contributed by atoms with Crippen LogP contribution in [0.25, 0.3) is 11.1 Å². The zero-order chi connectivity index (χ0) is 20.1. The Kier molecular flexibility index (Phi) is 6.10. The lowest BCUT2D eigenvalue weighted by Crippen LogP contribution is -2.13. The summed E-state index contributed by atoms with van der Waals surface area (Å²) in [7, 11) is 1.46. The van der Waals surface area contributed by atoms with E-state index >= 15 is 0 Å². The largest absolute Gasteiger partial charge is 0.399 e. The van der Waals surface area contributed by atoms with Gasteiger partial charge in [-0.05, 0) is 30.2 Å². The third-order valence-corrected chi connectivity index (χ3v) is 4.84. The molecule has 2 aromatic carbocycles. The topological polar surface area (TPSA) is 63.6 Å². The highest BCUT2D eigenvalue weighted by Crippen LogP contribution is 2.31. The zero-order valence-electron chi connectivity index (χ0n) is 15.1. The van der Waals surface area contributed by atoms with Gasteiger partial charge in [-0.3, -0.25) is 4.79 Å². The summed E-state index contributed by atoms with van der Waals surface area (Å²) in [5.41, 5.74) is 2.43. The highest BCUT2D eigenvalue weighted by atomic mass is 32.1. The first-order chi connectivity index (χ1) is 13.5. The van der Waals surface area contributed by atoms with Crippen LogP contribution in [0.15, 0.2) is 53.7 Å². The van der Waals surface area contributed by atoms with Gasteiger partial charge in [-0.15, -0.1) is 11.3 Å². The maximum atomic E-state index is 13.2. The van der Waals surface area contributed by atoms with Crippen LogP contribution in [-0.2, 0) is 4.84 Å². The summed E-state index contributed by atoms with van der Waals surface area (Å²) in [6, 6.07) is 14.6. The summed E-state index contributed by atoms with van der Waals surface area (Å²) < 4.78 is 26.3. The van der Waals surface area contributed by atoms with Crippen molar-refractivity contribution in [3.8, 4) is 11.1 Å². The maximum Gasteiger partial charge on any atom is 0.282 e. The number of hydrogen-bond acceptors (Lipinski definition) is 5. The van der Waals surface area contributed by atoms with Crippen LogP contribution in [0.3, 0.4) is 0 Å². The molecular weight excluding hydrogens is 384 g/mol. The average molecular weight is 401 g/mol. The summed E-state index contributed by atoms with van der Waals surface area (Å²) in [5.74, 6) is -0.606. The van der Waals surface area contributed by atoms with Gasteiger partial charge in [-0.1, -0.05) is 41.6 Å². The predicted molar refractivity (Wildman–Crippen MR) is 106 cm³/mol. The number of amides is 1. The number of anilines is 1. The molecule has 3 rings (SSSR count). The van der Waals surface area contributed by atoms with Crippen molar-refractivity contribution in [1.29, 1.82) is 0 Å². The Morgan fingerprint density at radius 3 is 2.79 bits per heavy atom. The lowest BCUT2D eigenvalue weighted by molar-refractivity contribution is 0.101. The number of para-hydroxylation sites is 1. The van der Waals surface area contributed by atoms with E-state index < -0.39 is 18.0 Å². The second kappa shape index (κ2) is 8.71. The second-order valence-corrected chi connectivity index (χ2v) is 6.99. The third kappa shape index (κ3) is 4.40. The van der Waals surface area contributed by atoms with Crippen molar-refractivity contribution in [3.63, 3.8) is 0 Å². The minimum atomic E-state index is -2.81. The average Bonchev–Trinajstić information content (AvgIpc) is 3.09. The molecule has 0 spiro atoms. The summed E-state index contributed by atoms with van der Waals surface area (Å²) >= 11 is 0.949. The molecule has 8 heteroatoms. The fourth-order valence-electron chi connectivity index (χ4n) is 2.68. The van der Waals surface area contributed by atoms with Crippen molar-refractivity contribution in [3.05, 3.63) is 69.7 Å². The highest BCUT2D eigenvalue weighted by Gasteiger charge is 2.24. The molecule has 0 saturated heterocycles. The van der Waals surface area contributed by atoms with Crippen LogP contribution >= 0.6 is 11.3 Å². The van der Waals surface area contributed by atoms with E-state index in [1.807, 2.05) is 36.4 Å². The number of aryl methyl sites for hydroxylation is 1. The van der Waals surface area contributed by atoms with Gasteiger partial charge in [0.25, 0.3) is 12.3 Å². The molecule has 0 aliphatic heterocycles. The van der Waals surface area contributed by atoms with Crippen molar-refractivity contribution in [2.75, 3.05) is 12.4 Å². The first-order valence-electron chi connectivity index (χ1n) is 8.32. The molecule has 1 heterocycles. The number of nitrogens with zero attached hydrogens (tertiary/aromatic N) is 2. The standard InChI is InChI=1S/C20H17F2N3O2S/c1-12-24-17(19(21)22)18(28-12)20(26)25-16-9-4-3-8-15(16)14-7-5-6-13(10-14)11-23-27-2/h3-11,19H,1-2H3,(H,25,26). The van der Waals surface area contributed by atoms with Gasteiger partial charge in [-0.25, -0.2) is 13.8 Å². The number of carbonyl (C=O) groups excluding carboxylic acids is 1. The van der Waals surface area contributed by atoms with E-state index in [1.54, 1.807) is 25.3 Å². The summed E-state index contributed by atoms with van der Waals surface area (Å²) in [5, 5.41) is 6.90. The van der Waals surface area contributed by atoms with E-state index in [9.17, 15) is 13.6 Å². The fourth-order valence-corrected chi connectivity index (χ4v) is 3.50. The van der Waals surface area contributed by atoms with Crippen molar-refractivity contribution in [2.24, 2.45) is 5.16 Å². The van der Waals surface area contributed by atoms with Gasteiger partial charge in [-0.2, -0.15) is 0 Å². The molecule has 0 fully saturated rings. The molecule has 0 atom stereocenters. The number of aromatic nitrogens is 1. The van der Waals surface area contributed by atoms with Crippen molar-refractivity contribution >= 4 is 29.1 Å². The van der Waals surface area contributed by atoms with Crippen molar-refractivity contribution in [2.45, 2.75) is 13.3 Å². The smallest absolute Gasteiger partial charge is 0.282 e. The lowest BCUT2D eigenvalue weighted by atomic mass is 10.0. The number of oxime groups is 1. The first-order valence-corrected chi connectivity index (χ1v) is 9.14. The quantitative estimate of drug-likeness (QED) is 0.451. The fraction of sp³-hybridized carbons (Fsp3) is 0.150. The van der Waals surface area contributed by atoms with Crippen LogP contribution in [0.5, 0.6) is 0 Å². The van der Waals surface area contributed by atoms with Gasteiger partial charge in [0.2, 0.25) is 0 Å². The Morgan fingerprint density at radius 1 is 1.25 bits per heavy atom.